The average Bonchev–Trinajstić information content (AvgIpc) is 2.49. The van der Waals surface area contributed by atoms with Gasteiger partial charge in [0.05, 0.1) is 5.54 Å². The number of hydrogen-bond donors (Lipinski definition) is 3. The van der Waals surface area contributed by atoms with E-state index in [1.165, 1.54) is 0 Å². The van der Waals surface area contributed by atoms with Gasteiger partial charge >= 0.3 is 0 Å². The van der Waals surface area contributed by atoms with E-state index >= 15 is 0 Å². The fourth-order valence-electron chi connectivity index (χ4n) is 2.44. The van der Waals surface area contributed by atoms with Crippen molar-refractivity contribution >= 4 is 23.2 Å². The molecule has 0 bridgehead atoms. The number of amides is 2. The smallest absolute Gasteiger partial charge is 0.244 e. The van der Waals surface area contributed by atoms with E-state index < -0.39 is 5.54 Å². The zero-order chi connectivity index (χ0) is 16.2. The van der Waals surface area contributed by atoms with Crippen LogP contribution in [0.25, 0.3) is 0 Å². The minimum absolute atomic E-state index is 0.00818. The zero-order valence-electron chi connectivity index (χ0n) is 13.5. The van der Waals surface area contributed by atoms with Crippen molar-refractivity contribution in [2.24, 2.45) is 5.92 Å². The Labute approximate surface area is 131 Å². The molecule has 1 atom stereocenters. The summed E-state index contributed by atoms with van der Waals surface area (Å²) in [5.41, 5.74) is 0.975. The summed E-state index contributed by atoms with van der Waals surface area (Å²) in [7, 11) is 0. The first kappa shape index (κ1) is 16.5. The number of carbonyl (C=O) groups is 2. The van der Waals surface area contributed by atoms with E-state index in [1.807, 2.05) is 20.8 Å². The van der Waals surface area contributed by atoms with Crippen molar-refractivity contribution in [3.05, 3.63) is 24.3 Å². The van der Waals surface area contributed by atoms with E-state index in [2.05, 4.69) is 16.0 Å². The lowest BCUT2D eigenvalue weighted by molar-refractivity contribution is -0.122. The van der Waals surface area contributed by atoms with Crippen molar-refractivity contribution in [2.45, 2.75) is 45.6 Å². The van der Waals surface area contributed by atoms with Gasteiger partial charge in [-0.15, -0.1) is 0 Å². The SMILES string of the molecule is CC(C)C(=O)Nc1ccc(NC(=O)C2(C)CCCCN2)cc1. The number of nitrogens with one attached hydrogen (secondary N) is 3. The van der Waals surface area contributed by atoms with E-state index in [0.717, 1.165) is 37.2 Å². The third-order valence-electron chi connectivity index (χ3n) is 4.05. The highest BCUT2D eigenvalue weighted by molar-refractivity contribution is 5.98. The van der Waals surface area contributed by atoms with Crippen LogP contribution in [0.4, 0.5) is 11.4 Å². The molecule has 1 aromatic rings. The van der Waals surface area contributed by atoms with E-state index in [0.29, 0.717) is 0 Å². The van der Waals surface area contributed by atoms with E-state index in [1.54, 1.807) is 24.3 Å². The fraction of sp³-hybridized carbons (Fsp3) is 0.529. The Morgan fingerprint density at radius 2 is 1.68 bits per heavy atom. The van der Waals surface area contributed by atoms with Gasteiger partial charge in [-0.1, -0.05) is 13.8 Å². The lowest BCUT2D eigenvalue weighted by atomic mass is 9.90. The molecular weight excluding hydrogens is 278 g/mol. The lowest BCUT2D eigenvalue weighted by Crippen LogP contribution is -2.54. The Morgan fingerprint density at radius 1 is 1.09 bits per heavy atom. The minimum Gasteiger partial charge on any atom is -0.326 e. The van der Waals surface area contributed by atoms with Crippen LogP contribution in [-0.4, -0.2) is 23.9 Å². The second kappa shape index (κ2) is 6.92. The molecule has 1 aliphatic rings. The zero-order valence-corrected chi connectivity index (χ0v) is 13.5. The summed E-state index contributed by atoms with van der Waals surface area (Å²) in [5, 5.41) is 9.07. The molecule has 1 aromatic carbocycles. The van der Waals surface area contributed by atoms with Gasteiger partial charge in [0.15, 0.2) is 0 Å². The number of anilines is 2. The van der Waals surface area contributed by atoms with Crippen LogP contribution in [0.2, 0.25) is 0 Å². The molecular formula is C17H25N3O2. The first-order valence-corrected chi connectivity index (χ1v) is 7.88. The van der Waals surface area contributed by atoms with Gasteiger partial charge in [0.2, 0.25) is 11.8 Å². The molecule has 2 rings (SSSR count). The van der Waals surface area contributed by atoms with Crippen LogP contribution >= 0.6 is 0 Å². The monoisotopic (exact) mass is 303 g/mol. The standard InChI is InChI=1S/C17H25N3O2/c1-12(2)15(21)19-13-6-8-14(9-7-13)20-16(22)17(3)10-4-5-11-18-17/h6-9,12,18H,4-5,10-11H2,1-3H3,(H,19,21)(H,20,22). The van der Waals surface area contributed by atoms with E-state index in [4.69, 9.17) is 0 Å². The molecule has 120 valence electrons. The molecule has 0 saturated carbocycles. The fourth-order valence-corrected chi connectivity index (χ4v) is 2.44. The summed E-state index contributed by atoms with van der Waals surface area (Å²) in [5.74, 6) is -0.0847. The number of benzene rings is 1. The quantitative estimate of drug-likeness (QED) is 0.801. The molecule has 3 N–H and O–H groups in total. The van der Waals surface area contributed by atoms with Crippen molar-refractivity contribution in [2.75, 3.05) is 17.2 Å². The van der Waals surface area contributed by atoms with Crippen LogP contribution in [0.1, 0.15) is 40.0 Å². The van der Waals surface area contributed by atoms with Crippen LogP contribution in [0, 0.1) is 5.92 Å². The number of carbonyl (C=O) groups excluding carboxylic acids is 2. The highest BCUT2D eigenvalue weighted by Crippen LogP contribution is 2.21. The summed E-state index contributed by atoms with van der Waals surface area (Å²) < 4.78 is 0. The van der Waals surface area contributed by atoms with Crippen molar-refractivity contribution in [3.8, 4) is 0 Å². The van der Waals surface area contributed by atoms with Gasteiger partial charge in [-0.3, -0.25) is 9.59 Å². The molecule has 1 heterocycles. The number of piperidine rings is 1. The summed E-state index contributed by atoms with van der Waals surface area (Å²) in [6, 6.07) is 7.21. The molecule has 22 heavy (non-hydrogen) atoms. The average molecular weight is 303 g/mol. The molecule has 1 unspecified atom stereocenters. The van der Waals surface area contributed by atoms with Crippen LogP contribution in [0.5, 0.6) is 0 Å². The van der Waals surface area contributed by atoms with Crippen molar-refractivity contribution in [1.29, 1.82) is 0 Å². The molecule has 0 spiro atoms. The highest BCUT2D eigenvalue weighted by Gasteiger charge is 2.34. The van der Waals surface area contributed by atoms with Gasteiger partial charge in [0.25, 0.3) is 0 Å². The maximum absolute atomic E-state index is 12.4. The Morgan fingerprint density at radius 3 is 2.18 bits per heavy atom. The molecule has 5 nitrogen and oxygen atoms in total. The van der Waals surface area contributed by atoms with Crippen LogP contribution in [0.15, 0.2) is 24.3 Å². The molecule has 0 radical (unpaired) electrons. The van der Waals surface area contributed by atoms with Gasteiger partial charge in [-0.2, -0.15) is 0 Å². The largest absolute Gasteiger partial charge is 0.326 e. The second-order valence-corrected chi connectivity index (χ2v) is 6.39. The maximum Gasteiger partial charge on any atom is 0.244 e. The maximum atomic E-state index is 12.4. The van der Waals surface area contributed by atoms with Gasteiger partial charge in [-0.05, 0) is 57.0 Å². The highest BCUT2D eigenvalue weighted by atomic mass is 16.2. The Balaban J connectivity index is 1.96. The molecule has 2 amide bonds. The lowest BCUT2D eigenvalue weighted by Gasteiger charge is -2.33. The summed E-state index contributed by atoms with van der Waals surface area (Å²) >= 11 is 0. The van der Waals surface area contributed by atoms with Gasteiger partial charge in [0, 0.05) is 17.3 Å². The normalized spacial score (nSPS) is 21.5. The Bertz CT molecular complexity index is 531. The van der Waals surface area contributed by atoms with Gasteiger partial charge in [0.1, 0.15) is 0 Å². The first-order valence-electron chi connectivity index (χ1n) is 7.88. The Hall–Kier alpha value is -1.88. The third-order valence-corrected chi connectivity index (χ3v) is 4.05. The molecule has 0 aliphatic carbocycles. The summed E-state index contributed by atoms with van der Waals surface area (Å²) in [6.07, 6.45) is 3.03. The topological polar surface area (TPSA) is 70.2 Å². The molecule has 1 aliphatic heterocycles. The molecule has 0 aromatic heterocycles. The van der Waals surface area contributed by atoms with Gasteiger partial charge in [-0.25, -0.2) is 0 Å². The predicted octanol–water partition coefficient (Wildman–Crippen LogP) is 2.75. The van der Waals surface area contributed by atoms with Crippen LogP contribution in [0.3, 0.4) is 0 Å². The minimum atomic E-state index is -0.497. The van der Waals surface area contributed by atoms with Crippen LogP contribution < -0.4 is 16.0 Å². The third kappa shape index (κ3) is 4.07. The van der Waals surface area contributed by atoms with E-state index in [9.17, 15) is 9.59 Å². The van der Waals surface area contributed by atoms with Crippen LogP contribution in [-0.2, 0) is 9.59 Å². The van der Waals surface area contributed by atoms with E-state index in [-0.39, 0.29) is 17.7 Å². The second-order valence-electron chi connectivity index (χ2n) is 6.39. The number of hydrogen-bond acceptors (Lipinski definition) is 3. The first-order chi connectivity index (χ1) is 10.4. The predicted molar refractivity (Wildman–Crippen MR) is 88.8 cm³/mol. The Kier molecular flexibility index (Phi) is 5.19. The van der Waals surface area contributed by atoms with Gasteiger partial charge < -0.3 is 16.0 Å². The molecule has 5 heteroatoms. The summed E-state index contributed by atoms with van der Waals surface area (Å²) in [4.78, 5) is 24.0. The van der Waals surface area contributed by atoms with Crippen molar-refractivity contribution in [3.63, 3.8) is 0 Å². The number of rotatable bonds is 4. The molecule has 1 saturated heterocycles. The summed E-state index contributed by atoms with van der Waals surface area (Å²) in [6.45, 7) is 6.52. The van der Waals surface area contributed by atoms with Crippen molar-refractivity contribution in [1.82, 2.24) is 5.32 Å². The molecule has 1 fully saturated rings. The van der Waals surface area contributed by atoms with Crippen molar-refractivity contribution < 1.29 is 9.59 Å².